The van der Waals surface area contributed by atoms with Gasteiger partial charge in [0, 0.05) is 17.3 Å². The van der Waals surface area contributed by atoms with Crippen LogP contribution < -0.4 is 0 Å². The second-order valence-corrected chi connectivity index (χ2v) is 5.10. The van der Waals surface area contributed by atoms with E-state index in [1.165, 1.54) is 0 Å². The fourth-order valence-electron chi connectivity index (χ4n) is 2.04. The molecule has 0 unspecified atom stereocenters. The van der Waals surface area contributed by atoms with Crippen molar-refractivity contribution in [1.29, 1.82) is 0 Å². The Hall–Kier alpha value is -1.16. The molecule has 2 rings (SSSR count). The molecule has 1 aliphatic rings. The summed E-state index contributed by atoms with van der Waals surface area (Å²) >= 11 is 3.37. The second-order valence-electron chi connectivity index (χ2n) is 4.24. The third-order valence-corrected chi connectivity index (χ3v) is 4.01. The molecule has 0 bridgehead atoms. The lowest BCUT2D eigenvalue weighted by atomic mass is 9.63. The summed E-state index contributed by atoms with van der Waals surface area (Å²) in [6.45, 7) is 1.91. The van der Waals surface area contributed by atoms with Gasteiger partial charge in [-0.05, 0) is 24.1 Å². The van der Waals surface area contributed by atoms with Crippen molar-refractivity contribution in [1.82, 2.24) is 0 Å². The third kappa shape index (κ3) is 1.57. The quantitative estimate of drug-likeness (QED) is 0.907. The Morgan fingerprint density at radius 2 is 2.06 bits per heavy atom. The van der Waals surface area contributed by atoms with E-state index < -0.39 is 11.4 Å². The van der Waals surface area contributed by atoms with Gasteiger partial charge in [-0.1, -0.05) is 28.1 Å². The number of aliphatic carboxylic acids is 1. The third-order valence-electron chi connectivity index (χ3n) is 3.12. The molecule has 16 heavy (non-hydrogen) atoms. The van der Waals surface area contributed by atoms with Crippen molar-refractivity contribution in [2.75, 3.05) is 0 Å². The van der Waals surface area contributed by atoms with E-state index in [1.807, 2.05) is 19.1 Å². The summed E-state index contributed by atoms with van der Waals surface area (Å²) in [4.78, 5) is 22.4. The van der Waals surface area contributed by atoms with Crippen molar-refractivity contribution in [3.63, 3.8) is 0 Å². The van der Waals surface area contributed by atoms with Crippen molar-refractivity contribution >= 4 is 27.7 Å². The first-order chi connectivity index (χ1) is 7.45. The van der Waals surface area contributed by atoms with Gasteiger partial charge in [0.25, 0.3) is 0 Å². The van der Waals surface area contributed by atoms with Crippen LogP contribution in [-0.2, 0) is 15.0 Å². The Balaban J connectivity index is 2.45. The highest BCUT2D eigenvalue weighted by Gasteiger charge is 2.51. The molecular weight excluding hydrogens is 272 g/mol. The number of ketones is 1. The maximum atomic E-state index is 11.3. The van der Waals surface area contributed by atoms with E-state index >= 15 is 0 Å². The predicted octanol–water partition coefficient (Wildman–Crippen LogP) is 2.44. The molecule has 1 aliphatic carbocycles. The molecule has 1 saturated carbocycles. The highest BCUT2D eigenvalue weighted by atomic mass is 79.9. The Kier molecular flexibility index (Phi) is 2.62. The van der Waals surface area contributed by atoms with Gasteiger partial charge < -0.3 is 5.11 Å². The van der Waals surface area contributed by atoms with Crippen LogP contribution in [0.25, 0.3) is 0 Å². The minimum atomic E-state index is -0.984. The van der Waals surface area contributed by atoms with E-state index in [9.17, 15) is 14.7 Å². The van der Waals surface area contributed by atoms with E-state index in [0.29, 0.717) is 0 Å². The average Bonchev–Trinajstić information content (AvgIpc) is 2.17. The Bertz CT molecular complexity index is 471. The van der Waals surface area contributed by atoms with Crippen LogP contribution in [0.2, 0.25) is 0 Å². The molecule has 0 atom stereocenters. The number of carboxylic acid groups (broad SMARTS) is 1. The van der Waals surface area contributed by atoms with E-state index in [2.05, 4.69) is 15.9 Å². The largest absolute Gasteiger partial charge is 0.481 e. The van der Waals surface area contributed by atoms with Crippen LogP contribution in [0.4, 0.5) is 0 Å². The van der Waals surface area contributed by atoms with Gasteiger partial charge in [-0.3, -0.25) is 9.59 Å². The fraction of sp³-hybridized carbons (Fsp3) is 0.333. The molecule has 1 aromatic rings. The maximum Gasteiger partial charge on any atom is 0.315 e. The monoisotopic (exact) mass is 282 g/mol. The van der Waals surface area contributed by atoms with Crippen molar-refractivity contribution < 1.29 is 14.7 Å². The summed E-state index contributed by atoms with van der Waals surface area (Å²) in [7, 11) is 0. The van der Waals surface area contributed by atoms with E-state index in [4.69, 9.17) is 0 Å². The van der Waals surface area contributed by atoms with Crippen LogP contribution >= 0.6 is 15.9 Å². The summed E-state index contributed by atoms with van der Waals surface area (Å²) in [5, 5.41) is 9.25. The van der Waals surface area contributed by atoms with Crippen molar-refractivity contribution in [2.24, 2.45) is 0 Å². The number of halogens is 1. The molecule has 0 aliphatic heterocycles. The first-order valence-corrected chi connectivity index (χ1v) is 5.77. The van der Waals surface area contributed by atoms with Crippen LogP contribution in [0.15, 0.2) is 22.7 Å². The van der Waals surface area contributed by atoms with Gasteiger partial charge in [0.05, 0.1) is 0 Å². The Morgan fingerprint density at radius 3 is 2.50 bits per heavy atom. The average molecular weight is 283 g/mol. The summed E-state index contributed by atoms with van der Waals surface area (Å²) in [6, 6.07) is 5.44. The molecule has 84 valence electrons. The van der Waals surface area contributed by atoms with Crippen molar-refractivity contribution in [3.8, 4) is 0 Å². The molecule has 1 fully saturated rings. The van der Waals surface area contributed by atoms with Gasteiger partial charge in [-0.2, -0.15) is 0 Å². The lowest BCUT2D eigenvalue weighted by molar-refractivity contribution is -0.153. The van der Waals surface area contributed by atoms with Gasteiger partial charge in [0.2, 0.25) is 0 Å². The van der Waals surface area contributed by atoms with Gasteiger partial charge in [0.1, 0.15) is 11.2 Å². The van der Waals surface area contributed by atoms with Crippen LogP contribution in [-0.4, -0.2) is 16.9 Å². The number of carbonyl (C=O) groups is 2. The van der Waals surface area contributed by atoms with Gasteiger partial charge >= 0.3 is 5.97 Å². The zero-order valence-corrected chi connectivity index (χ0v) is 10.4. The number of aryl methyl sites for hydroxylation is 1. The smallest absolute Gasteiger partial charge is 0.315 e. The zero-order chi connectivity index (χ0) is 11.9. The second kappa shape index (κ2) is 3.70. The molecular formula is C12H11BrO3. The lowest BCUT2D eigenvalue weighted by Gasteiger charge is -2.36. The van der Waals surface area contributed by atoms with E-state index in [1.54, 1.807) is 6.07 Å². The number of hydrogen-bond donors (Lipinski definition) is 1. The summed E-state index contributed by atoms with van der Waals surface area (Å²) in [6.07, 6.45) is 0.229. The highest BCUT2D eigenvalue weighted by Crippen LogP contribution is 2.42. The van der Waals surface area contributed by atoms with E-state index in [0.717, 1.165) is 15.6 Å². The maximum absolute atomic E-state index is 11.3. The minimum absolute atomic E-state index is 0.0166. The molecule has 1 aromatic carbocycles. The number of rotatable bonds is 2. The first kappa shape index (κ1) is 11.3. The molecule has 1 N–H and O–H groups in total. The van der Waals surface area contributed by atoms with Crippen LogP contribution in [0.5, 0.6) is 0 Å². The van der Waals surface area contributed by atoms with Crippen molar-refractivity contribution in [3.05, 3.63) is 33.8 Å². The number of Topliss-reactive ketones (excluding diaryl/α,β-unsaturated/α-hetero) is 1. The number of carboxylic acids is 1. The summed E-state index contributed by atoms with van der Waals surface area (Å²) in [5.74, 6) is -0.892. The Morgan fingerprint density at radius 1 is 1.44 bits per heavy atom. The molecule has 4 heteroatoms. The SMILES string of the molecule is Cc1cc(C2(C(=O)O)CC(=O)C2)ccc1Br. The van der Waals surface area contributed by atoms with Crippen LogP contribution in [0.1, 0.15) is 24.0 Å². The first-order valence-electron chi connectivity index (χ1n) is 4.97. The molecule has 0 saturated heterocycles. The topological polar surface area (TPSA) is 54.4 Å². The molecule has 0 radical (unpaired) electrons. The van der Waals surface area contributed by atoms with Crippen LogP contribution in [0.3, 0.4) is 0 Å². The number of hydrogen-bond acceptors (Lipinski definition) is 2. The molecule has 3 nitrogen and oxygen atoms in total. The van der Waals surface area contributed by atoms with Crippen molar-refractivity contribution in [2.45, 2.75) is 25.2 Å². The van der Waals surface area contributed by atoms with Gasteiger partial charge in [-0.25, -0.2) is 0 Å². The summed E-state index contributed by atoms with van der Waals surface area (Å²) in [5.41, 5.74) is 0.723. The standard InChI is InChI=1S/C12H11BrO3/c1-7-4-8(2-3-10(7)13)12(11(15)16)5-9(14)6-12/h2-4H,5-6H2,1H3,(H,15,16). The normalized spacial score (nSPS) is 18.0. The van der Waals surface area contributed by atoms with E-state index in [-0.39, 0.29) is 18.6 Å². The highest BCUT2D eigenvalue weighted by molar-refractivity contribution is 9.10. The fourth-order valence-corrected chi connectivity index (χ4v) is 2.29. The predicted molar refractivity (Wildman–Crippen MR) is 62.4 cm³/mol. The molecule has 0 spiro atoms. The number of carbonyl (C=O) groups excluding carboxylic acids is 1. The van der Waals surface area contributed by atoms with Gasteiger partial charge in [-0.15, -0.1) is 0 Å². The molecule has 0 heterocycles. The summed E-state index contributed by atoms with van der Waals surface area (Å²) < 4.78 is 0.947. The molecule has 0 amide bonds. The minimum Gasteiger partial charge on any atom is -0.481 e. The molecule has 0 aromatic heterocycles. The van der Waals surface area contributed by atoms with Crippen LogP contribution in [0, 0.1) is 6.92 Å². The van der Waals surface area contributed by atoms with Gasteiger partial charge in [0.15, 0.2) is 0 Å². The number of benzene rings is 1. The zero-order valence-electron chi connectivity index (χ0n) is 8.79. The Labute approximate surface area is 102 Å². The lowest BCUT2D eigenvalue weighted by Crippen LogP contribution is -2.48.